The third-order valence-electron chi connectivity index (χ3n) is 6.56. The van der Waals surface area contributed by atoms with Crippen LogP contribution >= 0.6 is 0 Å². The van der Waals surface area contributed by atoms with Gasteiger partial charge in [-0.1, -0.05) is 42.5 Å². The molecular formula is C27H27NO4. The lowest BCUT2D eigenvalue weighted by Gasteiger charge is -2.37. The molecule has 0 atom stereocenters. The smallest absolute Gasteiger partial charge is 0.165 e. The molecule has 0 radical (unpaired) electrons. The number of benzene rings is 2. The fraction of sp³-hybridized carbons (Fsp3) is 0.333. The SMILES string of the molecule is COc1cccc(C2C3=C(CCCC3=O)NC3=C2C(=O)CCC3)c1OCc1ccccc1. The Morgan fingerprint density at radius 1 is 0.844 bits per heavy atom. The van der Waals surface area contributed by atoms with Crippen molar-refractivity contribution in [3.05, 3.63) is 82.2 Å². The van der Waals surface area contributed by atoms with Gasteiger partial charge in [-0.3, -0.25) is 9.59 Å². The number of ketones is 2. The number of nitrogens with one attached hydrogen (secondary N) is 1. The number of hydrogen-bond donors (Lipinski definition) is 1. The predicted octanol–water partition coefficient (Wildman–Crippen LogP) is 4.98. The van der Waals surface area contributed by atoms with Crippen molar-refractivity contribution in [1.82, 2.24) is 5.32 Å². The first-order chi connectivity index (χ1) is 15.7. The van der Waals surface area contributed by atoms with Gasteiger partial charge in [-0.2, -0.15) is 0 Å². The van der Waals surface area contributed by atoms with Gasteiger partial charge >= 0.3 is 0 Å². The first-order valence-electron chi connectivity index (χ1n) is 11.3. The maximum absolute atomic E-state index is 13.1. The van der Waals surface area contributed by atoms with Crippen molar-refractivity contribution in [3.63, 3.8) is 0 Å². The van der Waals surface area contributed by atoms with Crippen LogP contribution in [0.3, 0.4) is 0 Å². The third kappa shape index (κ3) is 3.62. The Kier molecular flexibility index (Phi) is 5.56. The zero-order valence-corrected chi connectivity index (χ0v) is 18.3. The maximum atomic E-state index is 13.1. The second-order valence-corrected chi connectivity index (χ2v) is 8.55. The van der Waals surface area contributed by atoms with E-state index in [1.165, 1.54) is 0 Å². The highest BCUT2D eigenvalue weighted by molar-refractivity contribution is 6.06. The minimum atomic E-state index is -0.414. The normalized spacial score (nSPS) is 18.8. The molecule has 2 aromatic rings. The van der Waals surface area contributed by atoms with E-state index in [1.807, 2.05) is 48.5 Å². The highest BCUT2D eigenvalue weighted by atomic mass is 16.5. The summed E-state index contributed by atoms with van der Waals surface area (Å²) in [4.78, 5) is 26.3. The molecule has 5 nitrogen and oxygen atoms in total. The summed E-state index contributed by atoms with van der Waals surface area (Å²) in [7, 11) is 1.61. The molecule has 0 fully saturated rings. The summed E-state index contributed by atoms with van der Waals surface area (Å²) in [5, 5.41) is 3.47. The lowest BCUT2D eigenvalue weighted by molar-refractivity contribution is -0.117. The standard InChI is InChI=1S/C27H27NO4/c1-31-23-15-5-10-18(27(23)32-16-17-8-3-2-4-9-17)24-25-19(11-6-13-21(25)29)28-20-12-7-14-22(30)26(20)24/h2-5,8-10,15,24,28H,6-7,11-14,16H2,1H3. The summed E-state index contributed by atoms with van der Waals surface area (Å²) < 4.78 is 12.0. The third-order valence-corrected chi connectivity index (χ3v) is 6.56. The number of Topliss-reactive ketones (excluding diaryl/α,β-unsaturated/α-hetero) is 2. The number of allylic oxidation sites excluding steroid dienone is 4. The number of ether oxygens (including phenoxy) is 2. The number of carbonyl (C=O) groups excluding carboxylic acids is 2. The average Bonchev–Trinajstić information content (AvgIpc) is 2.82. The highest BCUT2D eigenvalue weighted by Crippen LogP contribution is 2.49. The van der Waals surface area contributed by atoms with Crippen molar-refractivity contribution in [2.24, 2.45) is 0 Å². The van der Waals surface area contributed by atoms with Crippen molar-refractivity contribution in [1.29, 1.82) is 0 Å². The predicted molar refractivity (Wildman–Crippen MR) is 121 cm³/mol. The Hall–Kier alpha value is -3.34. The minimum absolute atomic E-state index is 0.116. The molecule has 1 N–H and O–H groups in total. The Balaban J connectivity index is 1.64. The molecule has 1 aliphatic heterocycles. The van der Waals surface area contributed by atoms with Gasteiger partial charge < -0.3 is 14.8 Å². The molecule has 32 heavy (non-hydrogen) atoms. The second-order valence-electron chi connectivity index (χ2n) is 8.55. The molecular weight excluding hydrogens is 402 g/mol. The van der Waals surface area contributed by atoms with Crippen LogP contribution in [-0.4, -0.2) is 18.7 Å². The molecule has 5 rings (SSSR count). The van der Waals surface area contributed by atoms with Gasteiger partial charge in [0.1, 0.15) is 6.61 Å². The molecule has 5 heteroatoms. The number of methoxy groups -OCH3 is 1. The van der Waals surface area contributed by atoms with Gasteiger partial charge in [0.25, 0.3) is 0 Å². The van der Waals surface area contributed by atoms with E-state index in [9.17, 15) is 9.59 Å². The van der Waals surface area contributed by atoms with E-state index in [2.05, 4.69) is 5.32 Å². The number of para-hydroxylation sites is 1. The van der Waals surface area contributed by atoms with E-state index in [0.29, 0.717) is 30.9 Å². The molecule has 2 aliphatic carbocycles. The number of rotatable bonds is 5. The van der Waals surface area contributed by atoms with Crippen LogP contribution in [0.5, 0.6) is 11.5 Å². The minimum Gasteiger partial charge on any atom is -0.493 e. The van der Waals surface area contributed by atoms with Crippen molar-refractivity contribution < 1.29 is 19.1 Å². The van der Waals surface area contributed by atoms with E-state index in [-0.39, 0.29) is 11.6 Å². The molecule has 164 valence electrons. The first kappa shape index (κ1) is 20.6. The van der Waals surface area contributed by atoms with Crippen LogP contribution in [0.1, 0.15) is 55.6 Å². The second kappa shape index (κ2) is 8.65. The number of dihydropyridines is 1. The molecule has 0 saturated heterocycles. The van der Waals surface area contributed by atoms with Gasteiger partial charge in [-0.25, -0.2) is 0 Å². The van der Waals surface area contributed by atoms with Gasteiger partial charge in [-0.05, 0) is 37.3 Å². The van der Waals surface area contributed by atoms with E-state index < -0.39 is 5.92 Å². The van der Waals surface area contributed by atoms with E-state index in [1.54, 1.807) is 7.11 Å². The lowest BCUT2D eigenvalue weighted by atomic mass is 9.71. The Labute approximate surface area is 188 Å². The Morgan fingerprint density at radius 3 is 2.12 bits per heavy atom. The molecule has 2 aromatic carbocycles. The molecule has 3 aliphatic rings. The Morgan fingerprint density at radius 2 is 1.50 bits per heavy atom. The number of hydrogen-bond acceptors (Lipinski definition) is 5. The molecule has 0 saturated carbocycles. The molecule has 0 aromatic heterocycles. The monoisotopic (exact) mass is 429 g/mol. The fourth-order valence-corrected chi connectivity index (χ4v) is 5.10. The summed E-state index contributed by atoms with van der Waals surface area (Å²) >= 11 is 0. The van der Waals surface area contributed by atoms with Gasteiger partial charge in [0.15, 0.2) is 23.1 Å². The molecule has 0 unspecified atom stereocenters. The molecule has 0 amide bonds. The van der Waals surface area contributed by atoms with Gasteiger partial charge in [0, 0.05) is 46.9 Å². The molecule has 0 bridgehead atoms. The van der Waals surface area contributed by atoms with Gasteiger partial charge in [0.05, 0.1) is 7.11 Å². The average molecular weight is 430 g/mol. The maximum Gasteiger partial charge on any atom is 0.165 e. The van der Waals surface area contributed by atoms with Crippen LogP contribution < -0.4 is 14.8 Å². The van der Waals surface area contributed by atoms with Crippen LogP contribution in [0.4, 0.5) is 0 Å². The number of carbonyl (C=O) groups is 2. The van der Waals surface area contributed by atoms with Crippen molar-refractivity contribution in [2.45, 2.75) is 51.0 Å². The first-order valence-corrected chi connectivity index (χ1v) is 11.3. The zero-order chi connectivity index (χ0) is 22.1. The largest absolute Gasteiger partial charge is 0.493 e. The quantitative estimate of drug-likeness (QED) is 0.727. The summed E-state index contributed by atoms with van der Waals surface area (Å²) in [6, 6.07) is 15.7. The van der Waals surface area contributed by atoms with Crippen LogP contribution in [0.25, 0.3) is 0 Å². The van der Waals surface area contributed by atoms with E-state index in [4.69, 9.17) is 9.47 Å². The van der Waals surface area contributed by atoms with Gasteiger partial charge in [-0.15, -0.1) is 0 Å². The zero-order valence-electron chi connectivity index (χ0n) is 18.3. The summed E-state index contributed by atoms with van der Waals surface area (Å²) in [6.07, 6.45) is 4.35. The van der Waals surface area contributed by atoms with Crippen LogP contribution in [-0.2, 0) is 16.2 Å². The topological polar surface area (TPSA) is 64.6 Å². The van der Waals surface area contributed by atoms with Crippen LogP contribution in [0.15, 0.2) is 71.1 Å². The van der Waals surface area contributed by atoms with E-state index >= 15 is 0 Å². The fourth-order valence-electron chi connectivity index (χ4n) is 5.10. The lowest BCUT2D eigenvalue weighted by Crippen LogP contribution is -2.36. The van der Waals surface area contributed by atoms with Crippen molar-refractivity contribution in [2.75, 3.05) is 7.11 Å². The highest BCUT2D eigenvalue weighted by Gasteiger charge is 2.41. The van der Waals surface area contributed by atoms with E-state index in [0.717, 1.165) is 59.4 Å². The summed E-state index contributed by atoms with van der Waals surface area (Å²) in [6.45, 7) is 0.374. The van der Waals surface area contributed by atoms with Crippen LogP contribution in [0.2, 0.25) is 0 Å². The van der Waals surface area contributed by atoms with Gasteiger partial charge in [0.2, 0.25) is 0 Å². The summed E-state index contributed by atoms with van der Waals surface area (Å²) in [5.41, 5.74) is 5.25. The van der Waals surface area contributed by atoms with Crippen molar-refractivity contribution in [3.8, 4) is 11.5 Å². The van der Waals surface area contributed by atoms with Crippen molar-refractivity contribution >= 4 is 11.6 Å². The van der Waals surface area contributed by atoms with Crippen LogP contribution in [0, 0.1) is 0 Å². The summed E-state index contributed by atoms with van der Waals surface area (Å²) in [5.74, 6) is 1.02. The molecule has 1 heterocycles. The Bertz CT molecular complexity index is 1090. The molecule has 0 spiro atoms.